The Kier molecular flexibility index (Phi) is 5.98. The molecule has 1 aromatic carbocycles. The largest absolute Gasteiger partial charge is 0.452 e. The molecule has 0 bridgehead atoms. The molecule has 0 aliphatic carbocycles. The quantitative estimate of drug-likeness (QED) is 0.741. The van der Waals surface area contributed by atoms with Crippen molar-refractivity contribution in [3.63, 3.8) is 0 Å². The van der Waals surface area contributed by atoms with E-state index in [9.17, 15) is 23.2 Å². The molecule has 1 aliphatic heterocycles. The fraction of sp³-hybridized carbons (Fsp3) is 0.333. The van der Waals surface area contributed by atoms with Crippen LogP contribution in [0, 0.1) is 11.6 Å². The summed E-state index contributed by atoms with van der Waals surface area (Å²) in [5.41, 5.74) is 0.0841. The number of rotatable bonds is 6. The van der Waals surface area contributed by atoms with Gasteiger partial charge in [0.15, 0.2) is 11.2 Å². The van der Waals surface area contributed by atoms with Gasteiger partial charge < -0.3 is 10.1 Å². The summed E-state index contributed by atoms with van der Waals surface area (Å²) in [5, 5.41) is 4.35. The van der Waals surface area contributed by atoms with E-state index < -0.39 is 29.6 Å². The molecule has 0 unspecified atom stereocenters. The van der Waals surface area contributed by atoms with E-state index in [1.54, 1.807) is 10.3 Å². The van der Waals surface area contributed by atoms with Crippen molar-refractivity contribution in [1.82, 2.24) is 4.98 Å². The lowest BCUT2D eigenvalue weighted by atomic mass is 10.2. The molecule has 1 aliphatic rings. The summed E-state index contributed by atoms with van der Waals surface area (Å²) in [5.74, 6) is -3.01. The molecule has 0 radical (unpaired) electrons. The van der Waals surface area contributed by atoms with Crippen molar-refractivity contribution < 1.29 is 27.9 Å². The van der Waals surface area contributed by atoms with E-state index in [4.69, 9.17) is 4.74 Å². The molecule has 1 N–H and O–H groups in total. The van der Waals surface area contributed by atoms with E-state index in [1.165, 1.54) is 18.3 Å². The first-order chi connectivity index (χ1) is 13.3. The first-order valence-electron chi connectivity index (χ1n) is 8.53. The van der Waals surface area contributed by atoms with Crippen LogP contribution < -0.4 is 10.2 Å². The summed E-state index contributed by atoms with van der Waals surface area (Å²) in [7, 11) is 0. The number of ether oxygens (including phenoxy) is 1. The van der Waals surface area contributed by atoms with Crippen molar-refractivity contribution in [2.45, 2.75) is 32.3 Å². The van der Waals surface area contributed by atoms with E-state index in [-0.39, 0.29) is 18.0 Å². The van der Waals surface area contributed by atoms with Gasteiger partial charge in [0.2, 0.25) is 5.91 Å². The van der Waals surface area contributed by atoms with Gasteiger partial charge in [-0.15, -0.1) is 11.3 Å². The van der Waals surface area contributed by atoms with Gasteiger partial charge in [-0.05, 0) is 25.5 Å². The van der Waals surface area contributed by atoms with Crippen LogP contribution >= 0.6 is 11.3 Å². The number of nitrogens with one attached hydrogen (secondary N) is 1. The van der Waals surface area contributed by atoms with E-state index in [2.05, 4.69) is 10.3 Å². The fourth-order valence-corrected chi connectivity index (χ4v) is 3.49. The maximum atomic E-state index is 13.6. The van der Waals surface area contributed by atoms with Crippen LogP contribution in [-0.4, -0.2) is 35.4 Å². The van der Waals surface area contributed by atoms with Crippen LogP contribution in [-0.2, 0) is 25.5 Å². The van der Waals surface area contributed by atoms with Crippen molar-refractivity contribution in [1.29, 1.82) is 0 Å². The number of benzene rings is 1. The number of carbonyl (C=O) groups excluding carboxylic acids is 3. The average molecular weight is 409 g/mol. The van der Waals surface area contributed by atoms with Gasteiger partial charge in [0.1, 0.15) is 11.6 Å². The molecule has 0 saturated carbocycles. The van der Waals surface area contributed by atoms with Crippen molar-refractivity contribution in [2.75, 3.05) is 16.8 Å². The number of amides is 2. The van der Waals surface area contributed by atoms with Crippen molar-refractivity contribution in [2.24, 2.45) is 0 Å². The number of anilines is 2. The van der Waals surface area contributed by atoms with Crippen LogP contribution in [0.1, 0.15) is 25.5 Å². The molecule has 1 atom stereocenters. The van der Waals surface area contributed by atoms with E-state index in [0.717, 1.165) is 24.6 Å². The maximum Gasteiger partial charge on any atom is 0.312 e. The monoisotopic (exact) mass is 409 g/mol. The second kappa shape index (κ2) is 8.42. The zero-order valence-corrected chi connectivity index (χ0v) is 15.7. The SMILES string of the molecule is C[C@H](OC(=O)Cc1csc(N2CCCC2=O)n1)C(=O)Nc1cc(F)ccc1F. The predicted molar refractivity (Wildman–Crippen MR) is 97.9 cm³/mol. The minimum Gasteiger partial charge on any atom is -0.452 e. The smallest absolute Gasteiger partial charge is 0.312 e. The Hall–Kier alpha value is -2.88. The first-order valence-corrected chi connectivity index (χ1v) is 9.41. The van der Waals surface area contributed by atoms with Gasteiger partial charge in [0.05, 0.1) is 17.8 Å². The molecular formula is C18H17F2N3O4S. The Morgan fingerprint density at radius 3 is 2.89 bits per heavy atom. The Morgan fingerprint density at radius 2 is 2.18 bits per heavy atom. The second-order valence-corrected chi connectivity index (χ2v) is 7.03. The minimum absolute atomic E-state index is 0.00153. The van der Waals surface area contributed by atoms with E-state index >= 15 is 0 Å². The van der Waals surface area contributed by atoms with Gasteiger partial charge in [0.25, 0.3) is 5.91 Å². The van der Waals surface area contributed by atoms with Crippen molar-refractivity contribution in [3.8, 4) is 0 Å². The Morgan fingerprint density at radius 1 is 1.39 bits per heavy atom. The molecule has 7 nitrogen and oxygen atoms in total. The topological polar surface area (TPSA) is 88.6 Å². The predicted octanol–water partition coefficient (Wildman–Crippen LogP) is 2.66. The number of nitrogens with zero attached hydrogens (tertiary/aromatic N) is 2. The van der Waals surface area contributed by atoms with Gasteiger partial charge in [-0.25, -0.2) is 13.8 Å². The van der Waals surface area contributed by atoms with Crippen molar-refractivity contribution in [3.05, 3.63) is 40.9 Å². The third-order valence-electron chi connectivity index (χ3n) is 4.03. The summed E-state index contributed by atoms with van der Waals surface area (Å²) < 4.78 is 31.8. The highest BCUT2D eigenvalue weighted by Crippen LogP contribution is 2.25. The van der Waals surface area contributed by atoms with Gasteiger partial charge in [-0.2, -0.15) is 0 Å². The fourth-order valence-electron chi connectivity index (χ4n) is 2.62. The van der Waals surface area contributed by atoms with Crippen molar-refractivity contribution >= 4 is 39.9 Å². The Bertz CT molecular complexity index is 918. The highest BCUT2D eigenvalue weighted by Gasteiger charge is 2.25. The third-order valence-corrected chi connectivity index (χ3v) is 4.95. The van der Waals surface area contributed by atoms with Gasteiger partial charge in [0, 0.05) is 24.4 Å². The average Bonchev–Trinajstić information content (AvgIpc) is 3.26. The molecule has 1 aromatic heterocycles. The lowest BCUT2D eigenvalue weighted by Gasteiger charge is -2.13. The highest BCUT2D eigenvalue weighted by atomic mass is 32.1. The molecule has 10 heteroatoms. The Labute approximate surface area is 163 Å². The maximum absolute atomic E-state index is 13.6. The number of thiazole rings is 1. The lowest BCUT2D eigenvalue weighted by Crippen LogP contribution is -2.30. The normalized spacial score (nSPS) is 14.8. The van der Waals surface area contributed by atoms with Crippen LogP contribution in [0.5, 0.6) is 0 Å². The number of hydrogen-bond donors (Lipinski definition) is 1. The van der Waals surface area contributed by atoms with E-state index in [1.807, 2.05) is 0 Å². The molecule has 148 valence electrons. The number of esters is 1. The summed E-state index contributed by atoms with van der Waals surface area (Å²) in [6.07, 6.45) is -0.137. The summed E-state index contributed by atoms with van der Waals surface area (Å²) in [6.45, 7) is 1.92. The number of aromatic nitrogens is 1. The van der Waals surface area contributed by atoms with E-state index in [0.29, 0.717) is 23.8 Å². The summed E-state index contributed by atoms with van der Waals surface area (Å²) in [4.78, 5) is 41.6. The number of halogens is 2. The molecule has 3 rings (SSSR count). The third kappa shape index (κ3) is 4.69. The number of hydrogen-bond acceptors (Lipinski definition) is 6. The molecule has 2 amide bonds. The molecule has 2 aromatic rings. The number of carbonyl (C=O) groups is 3. The molecule has 0 spiro atoms. The summed E-state index contributed by atoms with van der Waals surface area (Å²) >= 11 is 1.25. The van der Waals surface area contributed by atoms with Crippen LogP contribution in [0.25, 0.3) is 0 Å². The molecular weight excluding hydrogens is 392 g/mol. The molecule has 1 saturated heterocycles. The standard InChI is InChI=1S/C18H17F2N3O4S/c1-10(17(26)22-14-7-11(19)4-5-13(14)20)27-16(25)8-12-9-28-18(21-12)23-6-2-3-15(23)24/h4-5,7,9-10H,2-3,6,8H2,1H3,(H,22,26)/t10-/m0/s1. The zero-order chi connectivity index (χ0) is 20.3. The zero-order valence-electron chi connectivity index (χ0n) is 14.9. The lowest BCUT2D eigenvalue weighted by molar-refractivity contribution is -0.152. The van der Waals surface area contributed by atoms with Gasteiger partial charge >= 0.3 is 5.97 Å². The Balaban J connectivity index is 1.54. The molecule has 28 heavy (non-hydrogen) atoms. The molecule has 2 heterocycles. The van der Waals surface area contributed by atoms with Crippen LogP contribution in [0.3, 0.4) is 0 Å². The molecule has 1 fully saturated rings. The van der Waals surface area contributed by atoms with Gasteiger partial charge in [-0.1, -0.05) is 0 Å². The van der Waals surface area contributed by atoms with Gasteiger partial charge in [-0.3, -0.25) is 19.3 Å². The second-order valence-electron chi connectivity index (χ2n) is 6.19. The highest BCUT2D eigenvalue weighted by molar-refractivity contribution is 7.14. The van der Waals surface area contributed by atoms with Crippen LogP contribution in [0.2, 0.25) is 0 Å². The minimum atomic E-state index is -1.21. The summed E-state index contributed by atoms with van der Waals surface area (Å²) in [6, 6.07) is 2.64. The first kappa shape index (κ1) is 19.9. The van der Waals surface area contributed by atoms with Crippen LogP contribution in [0.4, 0.5) is 19.6 Å². The van der Waals surface area contributed by atoms with Crippen LogP contribution in [0.15, 0.2) is 23.6 Å².